The molecule has 2 heterocycles. The van der Waals surface area contributed by atoms with Crippen molar-refractivity contribution in [1.82, 2.24) is 25.2 Å². The second-order valence-electron chi connectivity index (χ2n) is 3.15. The number of hydrogen-bond donors (Lipinski definition) is 0. The van der Waals surface area contributed by atoms with Gasteiger partial charge in [0.15, 0.2) is 0 Å². The molecule has 77 valence electrons. The monoisotopic (exact) mass is 202 g/mol. The Kier molecular flexibility index (Phi) is 3.02. The van der Waals surface area contributed by atoms with Crippen molar-refractivity contribution in [2.45, 2.75) is 19.8 Å². The van der Waals surface area contributed by atoms with E-state index < -0.39 is 0 Å². The number of rotatable bonds is 4. The highest BCUT2D eigenvalue weighted by atomic mass is 15.6. The summed E-state index contributed by atoms with van der Waals surface area (Å²) >= 11 is 0. The zero-order chi connectivity index (χ0) is 10.5. The van der Waals surface area contributed by atoms with Gasteiger partial charge < -0.3 is 0 Å². The molecular formula is C10H12N5. The van der Waals surface area contributed by atoms with Crippen molar-refractivity contribution in [2.24, 2.45) is 0 Å². The van der Waals surface area contributed by atoms with Crippen LogP contribution in [-0.2, 0) is 0 Å². The first-order valence-electron chi connectivity index (χ1n) is 4.93. The van der Waals surface area contributed by atoms with Crippen LogP contribution in [0.15, 0.2) is 24.5 Å². The molecule has 5 nitrogen and oxygen atoms in total. The van der Waals surface area contributed by atoms with Gasteiger partial charge in [-0.1, -0.05) is 13.3 Å². The van der Waals surface area contributed by atoms with Gasteiger partial charge in [-0.05, 0) is 23.8 Å². The maximum absolute atomic E-state index is 4.22. The molecule has 0 aliphatic heterocycles. The normalized spacial score (nSPS) is 10.5. The quantitative estimate of drug-likeness (QED) is 0.754. The second-order valence-corrected chi connectivity index (χ2v) is 3.15. The zero-order valence-electron chi connectivity index (χ0n) is 8.54. The molecule has 0 amide bonds. The van der Waals surface area contributed by atoms with Gasteiger partial charge in [0, 0.05) is 18.0 Å². The summed E-state index contributed by atoms with van der Waals surface area (Å²) in [6.07, 6.45) is 5.46. The van der Waals surface area contributed by atoms with Crippen LogP contribution < -0.4 is 0 Å². The largest absolute Gasteiger partial charge is 0.264 e. The molecule has 1 radical (unpaired) electrons. The Morgan fingerprint density at radius 2 is 2.40 bits per heavy atom. The molecule has 2 aromatic heterocycles. The molecule has 0 spiro atoms. The number of aromatic nitrogens is 5. The Bertz CT molecular complexity index is 409. The van der Waals surface area contributed by atoms with Gasteiger partial charge in [0.2, 0.25) is 5.82 Å². The number of tetrazole rings is 1. The van der Waals surface area contributed by atoms with Gasteiger partial charge in [0.1, 0.15) is 0 Å². The molecule has 0 aromatic carbocycles. The lowest BCUT2D eigenvalue weighted by atomic mass is 10.3. The molecule has 0 aliphatic rings. The van der Waals surface area contributed by atoms with E-state index in [4.69, 9.17) is 0 Å². The minimum Gasteiger partial charge on any atom is -0.264 e. The van der Waals surface area contributed by atoms with Crippen molar-refractivity contribution >= 4 is 0 Å². The SMILES string of the molecule is CCC[CH]n1nnc(-c2cccnc2)n1. The first kappa shape index (κ1) is 9.76. The van der Waals surface area contributed by atoms with Crippen LogP contribution in [-0.4, -0.2) is 25.2 Å². The summed E-state index contributed by atoms with van der Waals surface area (Å²) in [5, 5.41) is 12.1. The van der Waals surface area contributed by atoms with E-state index >= 15 is 0 Å². The summed E-state index contributed by atoms with van der Waals surface area (Å²) in [5.74, 6) is 0.607. The predicted molar refractivity (Wildman–Crippen MR) is 55.7 cm³/mol. The van der Waals surface area contributed by atoms with E-state index in [9.17, 15) is 0 Å². The molecule has 0 aliphatic carbocycles. The van der Waals surface area contributed by atoms with Gasteiger partial charge >= 0.3 is 0 Å². The third kappa shape index (κ3) is 2.37. The third-order valence-corrected chi connectivity index (χ3v) is 1.93. The molecule has 0 N–H and O–H groups in total. The van der Waals surface area contributed by atoms with E-state index in [1.54, 1.807) is 12.4 Å². The fourth-order valence-electron chi connectivity index (χ4n) is 1.16. The lowest BCUT2D eigenvalue weighted by molar-refractivity contribution is 0.623. The summed E-state index contributed by atoms with van der Waals surface area (Å²) < 4.78 is 0. The van der Waals surface area contributed by atoms with E-state index in [2.05, 4.69) is 27.3 Å². The van der Waals surface area contributed by atoms with Crippen LogP contribution in [0.5, 0.6) is 0 Å². The van der Waals surface area contributed by atoms with Crippen LogP contribution in [0, 0.1) is 6.54 Å². The minimum absolute atomic E-state index is 0.607. The van der Waals surface area contributed by atoms with Gasteiger partial charge in [0.05, 0.1) is 6.54 Å². The molecule has 0 atom stereocenters. The lowest BCUT2D eigenvalue weighted by Crippen LogP contribution is -1.99. The van der Waals surface area contributed by atoms with E-state index in [0.29, 0.717) is 5.82 Å². The summed E-state index contributed by atoms with van der Waals surface area (Å²) in [7, 11) is 0. The van der Waals surface area contributed by atoms with Crippen LogP contribution in [0.1, 0.15) is 19.8 Å². The molecular weight excluding hydrogens is 190 g/mol. The van der Waals surface area contributed by atoms with Crippen LogP contribution in [0.25, 0.3) is 11.4 Å². The summed E-state index contributed by atoms with van der Waals surface area (Å²) in [6.45, 7) is 4.02. The van der Waals surface area contributed by atoms with Crippen LogP contribution in [0.4, 0.5) is 0 Å². The molecule has 0 bridgehead atoms. The fraction of sp³-hybridized carbons (Fsp3) is 0.300. The van der Waals surface area contributed by atoms with E-state index in [0.717, 1.165) is 18.4 Å². The minimum atomic E-state index is 0.607. The Morgan fingerprint density at radius 1 is 1.47 bits per heavy atom. The van der Waals surface area contributed by atoms with Crippen molar-refractivity contribution in [3.8, 4) is 11.4 Å². The highest BCUT2D eigenvalue weighted by Crippen LogP contribution is 2.10. The Morgan fingerprint density at radius 3 is 3.13 bits per heavy atom. The average Bonchev–Trinajstić information content (AvgIpc) is 2.76. The maximum atomic E-state index is 4.22. The highest BCUT2D eigenvalue weighted by Gasteiger charge is 2.04. The molecule has 0 fully saturated rings. The van der Waals surface area contributed by atoms with Crippen molar-refractivity contribution in [3.63, 3.8) is 0 Å². The average molecular weight is 202 g/mol. The first-order chi connectivity index (χ1) is 7.40. The molecule has 2 rings (SSSR count). The van der Waals surface area contributed by atoms with Crippen LogP contribution >= 0.6 is 0 Å². The van der Waals surface area contributed by atoms with Gasteiger partial charge in [-0.25, -0.2) is 0 Å². The molecule has 0 saturated carbocycles. The smallest absolute Gasteiger partial charge is 0.206 e. The number of nitrogens with zero attached hydrogens (tertiary/aromatic N) is 5. The Balaban J connectivity index is 2.14. The number of hydrogen-bond acceptors (Lipinski definition) is 4. The molecule has 0 saturated heterocycles. The molecule has 5 heteroatoms. The predicted octanol–water partition coefficient (Wildman–Crippen LogP) is 1.55. The molecule has 15 heavy (non-hydrogen) atoms. The summed E-state index contributed by atoms with van der Waals surface area (Å²) in [6, 6.07) is 3.76. The van der Waals surface area contributed by atoms with E-state index in [1.165, 1.54) is 4.80 Å². The fourth-order valence-corrected chi connectivity index (χ4v) is 1.16. The third-order valence-electron chi connectivity index (χ3n) is 1.93. The van der Waals surface area contributed by atoms with Gasteiger partial charge in [-0.2, -0.15) is 4.80 Å². The second kappa shape index (κ2) is 4.63. The summed E-state index contributed by atoms with van der Waals surface area (Å²) in [4.78, 5) is 5.51. The van der Waals surface area contributed by atoms with E-state index in [-0.39, 0.29) is 0 Å². The topological polar surface area (TPSA) is 56.5 Å². The standard InChI is InChI=1S/C10H12N5/c1-2-3-7-15-13-10(12-14-15)9-5-4-6-11-8-9/h4-8H,2-3H2,1H3. The van der Waals surface area contributed by atoms with Crippen molar-refractivity contribution < 1.29 is 0 Å². The Hall–Kier alpha value is -1.78. The highest BCUT2D eigenvalue weighted by molar-refractivity contribution is 5.51. The first-order valence-corrected chi connectivity index (χ1v) is 4.93. The van der Waals surface area contributed by atoms with Crippen molar-refractivity contribution in [1.29, 1.82) is 0 Å². The maximum Gasteiger partial charge on any atom is 0.206 e. The van der Waals surface area contributed by atoms with Crippen molar-refractivity contribution in [3.05, 3.63) is 31.1 Å². The van der Waals surface area contributed by atoms with E-state index in [1.807, 2.05) is 18.7 Å². The van der Waals surface area contributed by atoms with Crippen LogP contribution in [0.3, 0.4) is 0 Å². The number of pyridine rings is 1. The number of unbranched alkanes of at least 4 members (excludes halogenated alkanes) is 1. The van der Waals surface area contributed by atoms with Crippen LogP contribution in [0.2, 0.25) is 0 Å². The van der Waals surface area contributed by atoms with Gasteiger partial charge in [0.25, 0.3) is 0 Å². The molecule has 0 unspecified atom stereocenters. The van der Waals surface area contributed by atoms with Gasteiger partial charge in [-0.15, -0.1) is 10.2 Å². The Labute approximate surface area is 88.2 Å². The molecule has 2 aromatic rings. The van der Waals surface area contributed by atoms with Gasteiger partial charge in [-0.3, -0.25) is 4.98 Å². The zero-order valence-corrected chi connectivity index (χ0v) is 8.54. The van der Waals surface area contributed by atoms with Crippen molar-refractivity contribution in [2.75, 3.05) is 0 Å². The lowest BCUT2D eigenvalue weighted by Gasteiger charge is -1.93. The summed E-state index contributed by atoms with van der Waals surface area (Å²) in [5.41, 5.74) is 0.883.